The zero-order valence-corrected chi connectivity index (χ0v) is 18.2. The summed E-state index contributed by atoms with van der Waals surface area (Å²) in [6.07, 6.45) is 1.08. The van der Waals surface area contributed by atoms with Gasteiger partial charge in [0.1, 0.15) is 5.75 Å². The molecular weight excluding hydrogens is 422 g/mol. The zero-order chi connectivity index (χ0) is 22.6. The molecule has 1 aliphatic rings. The van der Waals surface area contributed by atoms with E-state index in [0.717, 1.165) is 0 Å². The van der Waals surface area contributed by atoms with Crippen LogP contribution < -0.4 is 10.1 Å². The van der Waals surface area contributed by atoms with E-state index in [2.05, 4.69) is 5.32 Å². The summed E-state index contributed by atoms with van der Waals surface area (Å²) < 4.78 is 32.7. The molecule has 2 aromatic rings. The van der Waals surface area contributed by atoms with Gasteiger partial charge in [0.25, 0.3) is 5.69 Å². The average molecular weight is 448 g/mol. The van der Waals surface area contributed by atoms with Crippen molar-refractivity contribution in [3.05, 3.63) is 58.1 Å². The quantitative estimate of drug-likeness (QED) is 0.514. The predicted octanol–water partition coefficient (Wildman–Crippen LogP) is 3.34. The Labute approximate surface area is 181 Å². The fourth-order valence-corrected chi connectivity index (χ4v) is 5.11. The monoisotopic (exact) mass is 447 g/mol. The minimum absolute atomic E-state index is 0.0509. The lowest BCUT2D eigenvalue weighted by atomic mass is 9.98. The maximum absolute atomic E-state index is 13.0. The molecule has 2 aromatic carbocycles. The number of amides is 1. The number of nitrogens with one attached hydrogen (secondary N) is 1. The fraction of sp³-hybridized carbons (Fsp3) is 0.381. The van der Waals surface area contributed by atoms with Crippen LogP contribution in [0.25, 0.3) is 0 Å². The summed E-state index contributed by atoms with van der Waals surface area (Å²) in [5, 5.41) is 13.8. The second-order valence-electron chi connectivity index (χ2n) is 7.30. The van der Waals surface area contributed by atoms with E-state index in [1.54, 1.807) is 25.1 Å². The van der Waals surface area contributed by atoms with E-state index in [9.17, 15) is 23.3 Å². The smallest absolute Gasteiger partial charge is 0.274 e. The summed E-state index contributed by atoms with van der Waals surface area (Å²) in [5.41, 5.74) is 0.627. The van der Waals surface area contributed by atoms with Gasteiger partial charge in [0.05, 0.1) is 33.6 Å². The Kier molecular flexibility index (Phi) is 6.91. The number of carbonyl (C=O) groups excluding carboxylic acids is 1. The number of nitro groups is 1. The third kappa shape index (κ3) is 5.02. The molecule has 3 rings (SSSR count). The van der Waals surface area contributed by atoms with Gasteiger partial charge in [-0.1, -0.05) is 6.07 Å². The molecule has 1 aliphatic heterocycles. The van der Waals surface area contributed by atoms with Crippen molar-refractivity contribution in [1.82, 2.24) is 4.31 Å². The van der Waals surface area contributed by atoms with Crippen LogP contribution in [0.15, 0.2) is 47.4 Å². The van der Waals surface area contributed by atoms with Gasteiger partial charge >= 0.3 is 0 Å². The van der Waals surface area contributed by atoms with Crippen LogP contribution >= 0.6 is 0 Å². The number of nitrogens with zero attached hydrogens (tertiary/aromatic N) is 2. The predicted molar refractivity (Wildman–Crippen MR) is 116 cm³/mol. The molecular formula is C21H25N3O6S. The van der Waals surface area contributed by atoms with Crippen molar-refractivity contribution < 1.29 is 22.9 Å². The van der Waals surface area contributed by atoms with Crippen molar-refractivity contribution in [3.63, 3.8) is 0 Å². The van der Waals surface area contributed by atoms with Crippen molar-refractivity contribution in [2.45, 2.75) is 31.6 Å². The van der Waals surface area contributed by atoms with E-state index >= 15 is 0 Å². The number of ether oxygens (including phenoxy) is 1. The molecule has 10 heteroatoms. The standard InChI is InChI=1S/C21H25N3O6S/c1-3-30-17-9-11-18(12-10-17)31(28,29)23-13-5-6-16(14-23)21(25)22-19-7-4-8-20(15(19)2)24(26)27/h4,7-12,16H,3,5-6,13-14H2,1-2H3,(H,22,25)/t16-/m0/s1. The minimum Gasteiger partial charge on any atom is -0.494 e. The van der Waals surface area contributed by atoms with E-state index < -0.39 is 20.9 Å². The third-order valence-electron chi connectivity index (χ3n) is 5.29. The molecule has 0 spiro atoms. The molecule has 0 bridgehead atoms. The first-order valence-electron chi connectivity index (χ1n) is 10.0. The van der Waals surface area contributed by atoms with E-state index in [4.69, 9.17) is 4.74 Å². The van der Waals surface area contributed by atoms with Gasteiger partial charge in [-0.25, -0.2) is 8.42 Å². The van der Waals surface area contributed by atoms with Crippen molar-refractivity contribution in [3.8, 4) is 5.75 Å². The number of rotatable bonds is 7. The summed E-state index contributed by atoms with van der Waals surface area (Å²) >= 11 is 0. The Bertz CT molecular complexity index is 1070. The molecule has 1 N–H and O–H groups in total. The summed E-state index contributed by atoms with van der Waals surface area (Å²) in [7, 11) is -3.75. The Morgan fingerprint density at radius 3 is 2.61 bits per heavy atom. The van der Waals surface area contributed by atoms with Gasteiger partial charge in [-0.05, 0) is 57.0 Å². The normalized spacial score (nSPS) is 17.2. The van der Waals surface area contributed by atoms with Gasteiger partial charge in [-0.2, -0.15) is 4.31 Å². The van der Waals surface area contributed by atoms with Gasteiger partial charge in [-0.15, -0.1) is 0 Å². The largest absolute Gasteiger partial charge is 0.494 e. The average Bonchev–Trinajstić information content (AvgIpc) is 2.75. The van der Waals surface area contributed by atoms with Crippen LogP contribution in [0.5, 0.6) is 5.75 Å². The molecule has 1 fully saturated rings. The molecule has 0 saturated carbocycles. The van der Waals surface area contributed by atoms with E-state index in [0.29, 0.717) is 43.0 Å². The van der Waals surface area contributed by atoms with Gasteiger partial charge in [0.15, 0.2) is 0 Å². The molecule has 1 atom stereocenters. The SMILES string of the molecule is CCOc1ccc(S(=O)(=O)N2CCC[C@H](C(=O)Nc3cccc([N+](=O)[O-])c3C)C2)cc1. The van der Waals surface area contributed by atoms with Gasteiger partial charge in [0, 0.05) is 19.2 Å². The topological polar surface area (TPSA) is 119 Å². The summed E-state index contributed by atoms with van der Waals surface area (Å²) in [5.74, 6) is -0.315. The molecule has 166 valence electrons. The zero-order valence-electron chi connectivity index (χ0n) is 17.4. The molecule has 1 amide bonds. The van der Waals surface area contributed by atoms with Crippen LogP contribution in [0.2, 0.25) is 0 Å². The van der Waals surface area contributed by atoms with Crippen LogP contribution in [0.3, 0.4) is 0 Å². The summed E-state index contributed by atoms with van der Waals surface area (Å²) in [4.78, 5) is 23.6. The van der Waals surface area contributed by atoms with Gasteiger partial charge in [0.2, 0.25) is 15.9 Å². The highest BCUT2D eigenvalue weighted by atomic mass is 32.2. The highest BCUT2D eigenvalue weighted by Gasteiger charge is 2.33. The van der Waals surface area contributed by atoms with Crippen LogP contribution in [0.4, 0.5) is 11.4 Å². The molecule has 1 saturated heterocycles. The first-order valence-corrected chi connectivity index (χ1v) is 11.5. The summed E-state index contributed by atoms with van der Waals surface area (Å²) in [6, 6.07) is 10.7. The number of carbonyl (C=O) groups is 1. The van der Waals surface area contributed by atoms with Crippen molar-refractivity contribution >= 4 is 27.3 Å². The van der Waals surface area contributed by atoms with Crippen LogP contribution in [0.1, 0.15) is 25.3 Å². The molecule has 31 heavy (non-hydrogen) atoms. The summed E-state index contributed by atoms with van der Waals surface area (Å²) in [6.45, 7) is 4.28. The first-order chi connectivity index (χ1) is 14.7. The lowest BCUT2D eigenvalue weighted by Gasteiger charge is -2.31. The lowest BCUT2D eigenvalue weighted by molar-refractivity contribution is -0.385. The van der Waals surface area contributed by atoms with Gasteiger partial charge < -0.3 is 10.1 Å². The highest BCUT2D eigenvalue weighted by molar-refractivity contribution is 7.89. The third-order valence-corrected chi connectivity index (χ3v) is 7.17. The Morgan fingerprint density at radius 2 is 1.97 bits per heavy atom. The Hall–Kier alpha value is -2.98. The van der Waals surface area contributed by atoms with Crippen LogP contribution in [-0.2, 0) is 14.8 Å². The Balaban J connectivity index is 1.73. The maximum Gasteiger partial charge on any atom is 0.274 e. The molecule has 1 heterocycles. The number of piperidine rings is 1. The molecule has 0 radical (unpaired) electrons. The van der Waals surface area contributed by atoms with Crippen molar-refractivity contribution in [1.29, 1.82) is 0 Å². The highest BCUT2D eigenvalue weighted by Crippen LogP contribution is 2.28. The number of hydrogen-bond acceptors (Lipinski definition) is 6. The van der Waals surface area contributed by atoms with Crippen LogP contribution in [-0.4, -0.2) is 43.2 Å². The second-order valence-corrected chi connectivity index (χ2v) is 9.24. The fourth-order valence-electron chi connectivity index (χ4n) is 3.59. The van der Waals surface area contributed by atoms with Crippen LogP contribution in [0, 0.1) is 23.0 Å². The van der Waals surface area contributed by atoms with Crippen molar-refractivity contribution in [2.24, 2.45) is 5.92 Å². The first kappa shape index (κ1) is 22.7. The number of hydrogen-bond donors (Lipinski definition) is 1. The number of benzene rings is 2. The maximum atomic E-state index is 13.0. The van der Waals surface area contributed by atoms with E-state index in [1.807, 2.05) is 6.92 Å². The number of nitro benzene ring substituents is 1. The number of sulfonamides is 1. The molecule has 0 aromatic heterocycles. The lowest BCUT2D eigenvalue weighted by Crippen LogP contribution is -2.43. The molecule has 9 nitrogen and oxygen atoms in total. The molecule has 0 unspecified atom stereocenters. The van der Waals surface area contributed by atoms with E-state index in [-0.39, 0.29) is 23.0 Å². The number of anilines is 1. The molecule has 0 aliphatic carbocycles. The Morgan fingerprint density at radius 1 is 1.26 bits per heavy atom. The second kappa shape index (κ2) is 9.44. The minimum atomic E-state index is -3.75. The van der Waals surface area contributed by atoms with E-state index in [1.165, 1.54) is 28.6 Å². The van der Waals surface area contributed by atoms with Gasteiger partial charge in [-0.3, -0.25) is 14.9 Å². The van der Waals surface area contributed by atoms with Crippen molar-refractivity contribution in [2.75, 3.05) is 25.0 Å².